The van der Waals surface area contributed by atoms with Gasteiger partial charge < -0.3 is 14.2 Å². The molecule has 6 heteroatoms. The summed E-state index contributed by atoms with van der Waals surface area (Å²) in [6, 6.07) is 9.85. The van der Waals surface area contributed by atoms with E-state index in [-0.39, 0.29) is 0 Å². The van der Waals surface area contributed by atoms with E-state index in [1.807, 2.05) is 6.07 Å². The fraction of sp³-hybridized carbons (Fsp3) is 0.273. The number of aryl methyl sites for hydroxylation is 3. The molecule has 1 aromatic heterocycles. The third-order valence-corrected chi connectivity index (χ3v) is 4.58. The van der Waals surface area contributed by atoms with E-state index in [1.165, 1.54) is 5.56 Å². The molecule has 0 aliphatic heterocycles. The van der Waals surface area contributed by atoms with Crippen LogP contribution in [-0.2, 0) is 0 Å². The van der Waals surface area contributed by atoms with Crippen LogP contribution < -0.4 is 19.6 Å². The Labute approximate surface area is 165 Å². The summed E-state index contributed by atoms with van der Waals surface area (Å²) in [5.74, 6) is 2.54. The van der Waals surface area contributed by atoms with Crippen LogP contribution in [-0.4, -0.2) is 32.5 Å². The van der Waals surface area contributed by atoms with Crippen LogP contribution in [0.4, 0.5) is 5.82 Å². The van der Waals surface area contributed by atoms with Crippen molar-refractivity contribution in [3.05, 3.63) is 52.6 Å². The highest BCUT2D eigenvalue weighted by Crippen LogP contribution is 2.32. The zero-order valence-electron chi connectivity index (χ0n) is 17.1. The SMILES string of the molecule is COc1cc(OC)c(C=NNc2cc(C)c3cc(C)cc(C)c3n2)c(OC)c1. The van der Waals surface area contributed by atoms with Gasteiger partial charge in [0.15, 0.2) is 0 Å². The van der Waals surface area contributed by atoms with Crippen LogP contribution in [0.2, 0.25) is 0 Å². The molecule has 0 aliphatic rings. The summed E-state index contributed by atoms with van der Waals surface area (Å²) < 4.78 is 16.2. The average molecular weight is 379 g/mol. The number of anilines is 1. The number of rotatable bonds is 6. The number of hydrogen-bond acceptors (Lipinski definition) is 6. The first kappa shape index (κ1) is 19.5. The maximum atomic E-state index is 5.44. The third kappa shape index (κ3) is 3.86. The molecular weight excluding hydrogens is 354 g/mol. The number of fused-ring (bicyclic) bond motifs is 1. The Morgan fingerprint density at radius 2 is 1.54 bits per heavy atom. The summed E-state index contributed by atoms with van der Waals surface area (Å²) >= 11 is 0. The highest BCUT2D eigenvalue weighted by atomic mass is 16.5. The summed E-state index contributed by atoms with van der Waals surface area (Å²) in [5.41, 5.74) is 8.22. The van der Waals surface area contributed by atoms with Crippen molar-refractivity contribution in [3.8, 4) is 17.2 Å². The molecule has 6 nitrogen and oxygen atoms in total. The van der Waals surface area contributed by atoms with Gasteiger partial charge in [0.2, 0.25) is 0 Å². The maximum absolute atomic E-state index is 5.44. The van der Waals surface area contributed by atoms with Crippen molar-refractivity contribution >= 4 is 22.9 Å². The minimum absolute atomic E-state index is 0.607. The number of nitrogens with one attached hydrogen (secondary N) is 1. The second-order valence-electron chi connectivity index (χ2n) is 6.62. The van der Waals surface area contributed by atoms with Crippen LogP contribution in [0, 0.1) is 20.8 Å². The molecular formula is C22H25N3O3. The van der Waals surface area contributed by atoms with Crippen LogP contribution >= 0.6 is 0 Å². The van der Waals surface area contributed by atoms with Crippen LogP contribution in [0.15, 0.2) is 35.4 Å². The predicted molar refractivity (Wildman–Crippen MR) is 113 cm³/mol. The zero-order valence-corrected chi connectivity index (χ0v) is 17.1. The molecule has 0 radical (unpaired) electrons. The smallest absolute Gasteiger partial charge is 0.147 e. The van der Waals surface area contributed by atoms with Gasteiger partial charge in [-0.15, -0.1) is 0 Å². The Morgan fingerprint density at radius 1 is 0.857 bits per heavy atom. The molecule has 0 bridgehead atoms. The van der Waals surface area contributed by atoms with E-state index in [4.69, 9.17) is 19.2 Å². The molecule has 28 heavy (non-hydrogen) atoms. The minimum atomic E-state index is 0.607. The Kier molecular flexibility index (Phi) is 5.68. The first-order valence-corrected chi connectivity index (χ1v) is 8.94. The molecule has 0 atom stereocenters. The number of hydrogen-bond donors (Lipinski definition) is 1. The van der Waals surface area contributed by atoms with Crippen molar-refractivity contribution in [2.24, 2.45) is 5.10 Å². The Hall–Kier alpha value is -3.28. The second kappa shape index (κ2) is 8.17. The van der Waals surface area contributed by atoms with E-state index < -0.39 is 0 Å². The Morgan fingerprint density at radius 3 is 2.14 bits per heavy atom. The number of methoxy groups -OCH3 is 3. The van der Waals surface area contributed by atoms with Crippen molar-refractivity contribution in [2.75, 3.05) is 26.8 Å². The molecule has 3 aromatic rings. The van der Waals surface area contributed by atoms with Crippen LogP contribution in [0.25, 0.3) is 10.9 Å². The highest BCUT2D eigenvalue weighted by molar-refractivity contribution is 5.89. The summed E-state index contributed by atoms with van der Waals surface area (Å²) in [4.78, 5) is 4.71. The summed E-state index contributed by atoms with van der Waals surface area (Å²) in [6.45, 7) is 6.24. The van der Waals surface area contributed by atoms with Gasteiger partial charge in [-0.2, -0.15) is 5.10 Å². The molecule has 0 aliphatic carbocycles. The average Bonchev–Trinajstić information content (AvgIpc) is 2.68. The largest absolute Gasteiger partial charge is 0.496 e. The van der Waals surface area contributed by atoms with Gasteiger partial charge in [0, 0.05) is 17.5 Å². The summed E-state index contributed by atoms with van der Waals surface area (Å²) in [6.07, 6.45) is 1.65. The van der Waals surface area contributed by atoms with Crippen molar-refractivity contribution in [1.29, 1.82) is 0 Å². The van der Waals surface area contributed by atoms with Crippen LogP contribution in [0.5, 0.6) is 17.2 Å². The van der Waals surface area contributed by atoms with Gasteiger partial charge >= 0.3 is 0 Å². The molecule has 0 fully saturated rings. The molecule has 0 spiro atoms. The standard InChI is InChI=1S/C22H25N3O3/c1-13-7-15(3)22-17(8-13)14(2)9-21(24-22)25-23-12-18-19(27-5)10-16(26-4)11-20(18)28-6/h7-12H,1-6H3,(H,24,25). The first-order chi connectivity index (χ1) is 13.5. The lowest BCUT2D eigenvalue weighted by Gasteiger charge is -2.12. The van der Waals surface area contributed by atoms with E-state index >= 15 is 0 Å². The molecule has 0 saturated heterocycles. The van der Waals surface area contributed by atoms with E-state index in [9.17, 15) is 0 Å². The maximum Gasteiger partial charge on any atom is 0.147 e. The quantitative estimate of drug-likeness (QED) is 0.500. The van der Waals surface area contributed by atoms with Gasteiger partial charge in [-0.25, -0.2) is 4.98 Å². The van der Waals surface area contributed by atoms with Gasteiger partial charge in [0.1, 0.15) is 23.1 Å². The van der Waals surface area contributed by atoms with Gasteiger partial charge in [-0.1, -0.05) is 11.6 Å². The number of aromatic nitrogens is 1. The van der Waals surface area contributed by atoms with Gasteiger partial charge in [0.05, 0.1) is 38.6 Å². The van der Waals surface area contributed by atoms with Crippen LogP contribution in [0.3, 0.4) is 0 Å². The lowest BCUT2D eigenvalue weighted by atomic mass is 10.0. The van der Waals surface area contributed by atoms with E-state index in [2.05, 4.69) is 43.4 Å². The molecule has 1 heterocycles. The lowest BCUT2D eigenvalue weighted by molar-refractivity contribution is 0.374. The summed E-state index contributed by atoms with van der Waals surface area (Å²) in [7, 11) is 4.79. The molecule has 0 saturated carbocycles. The van der Waals surface area contributed by atoms with Gasteiger partial charge in [0.25, 0.3) is 0 Å². The molecule has 0 amide bonds. The van der Waals surface area contributed by atoms with Crippen molar-refractivity contribution in [3.63, 3.8) is 0 Å². The summed E-state index contributed by atoms with van der Waals surface area (Å²) in [5, 5.41) is 5.50. The first-order valence-electron chi connectivity index (χ1n) is 8.94. The molecule has 146 valence electrons. The molecule has 2 aromatic carbocycles. The number of hydrazone groups is 1. The molecule has 1 N–H and O–H groups in total. The molecule has 3 rings (SSSR count). The van der Waals surface area contributed by atoms with Crippen molar-refractivity contribution in [1.82, 2.24) is 4.98 Å². The number of benzene rings is 2. The van der Waals surface area contributed by atoms with E-state index in [0.717, 1.165) is 22.0 Å². The van der Waals surface area contributed by atoms with Crippen LogP contribution in [0.1, 0.15) is 22.3 Å². The number of pyridine rings is 1. The Balaban J connectivity index is 1.93. The van der Waals surface area contributed by atoms with E-state index in [0.29, 0.717) is 28.6 Å². The van der Waals surface area contributed by atoms with Gasteiger partial charge in [-0.3, -0.25) is 5.43 Å². The second-order valence-corrected chi connectivity index (χ2v) is 6.62. The lowest BCUT2D eigenvalue weighted by Crippen LogP contribution is -2.00. The number of ether oxygens (including phenoxy) is 3. The normalized spacial score (nSPS) is 11.1. The monoisotopic (exact) mass is 379 g/mol. The topological polar surface area (TPSA) is 65.0 Å². The fourth-order valence-corrected chi connectivity index (χ4v) is 3.22. The van der Waals surface area contributed by atoms with Gasteiger partial charge in [-0.05, 0) is 44.0 Å². The zero-order chi connectivity index (χ0) is 20.3. The van der Waals surface area contributed by atoms with Crippen molar-refractivity contribution in [2.45, 2.75) is 20.8 Å². The van der Waals surface area contributed by atoms with E-state index in [1.54, 1.807) is 39.7 Å². The minimum Gasteiger partial charge on any atom is -0.496 e. The number of nitrogens with zero attached hydrogens (tertiary/aromatic N) is 2. The molecule has 0 unspecified atom stereocenters. The van der Waals surface area contributed by atoms with Crippen molar-refractivity contribution < 1.29 is 14.2 Å². The Bertz CT molecular complexity index is 1020. The highest BCUT2D eigenvalue weighted by Gasteiger charge is 2.12. The fourth-order valence-electron chi connectivity index (χ4n) is 3.22. The third-order valence-electron chi connectivity index (χ3n) is 4.58. The predicted octanol–water partition coefficient (Wildman–Crippen LogP) is 4.63.